The van der Waals surface area contributed by atoms with Gasteiger partial charge in [0.25, 0.3) is 0 Å². The summed E-state index contributed by atoms with van der Waals surface area (Å²) < 4.78 is 45.6. The summed E-state index contributed by atoms with van der Waals surface area (Å²) in [5, 5.41) is 2.74. The Kier molecular flexibility index (Phi) is 9.36. The van der Waals surface area contributed by atoms with Crippen LogP contribution in [0.1, 0.15) is 37.3 Å². The molecule has 0 radical (unpaired) electrons. The lowest BCUT2D eigenvalue weighted by atomic mass is 10.1. The number of benzene rings is 2. The van der Waals surface area contributed by atoms with Crippen LogP contribution in [0.5, 0.6) is 0 Å². The Morgan fingerprint density at radius 3 is 2.31 bits per heavy atom. The predicted molar refractivity (Wildman–Crippen MR) is 129 cm³/mol. The Bertz CT molecular complexity index is 1100. The van der Waals surface area contributed by atoms with E-state index in [1.54, 1.807) is 31.2 Å². The third-order valence-electron chi connectivity index (χ3n) is 5.80. The van der Waals surface area contributed by atoms with Gasteiger partial charge in [-0.05, 0) is 61.6 Å². The Labute approximate surface area is 205 Å². The summed E-state index contributed by atoms with van der Waals surface area (Å²) in [6.07, 6.45) is 2.23. The highest BCUT2D eigenvalue weighted by Crippen LogP contribution is 2.22. The van der Waals surface area contributed by atoms with E-state index in [1.165, 1.54) is 36.3 Å². The number of nitrogens with one attached hydrogen (secondary N) is 2. The number of methoxy groups -OCH3 is 1. The van der Waals surface area contributed by atoms with E-state index in [2.05, 4.69) is 10.0 Å². The normalized spacial score (nSPS) is 14.4. The Hall–Kier alpha value is -2.82. The van der Waals surface area contributed by atoms with Crippen LogP contribution in [0.3, 0.4) is 0 Å². The molecule has 1 fully saturated rings. The van der Waals surface area contributed by atoms with E-state index in [0.717, 1.165) is 18.4 Å². The first-order valence-corrected chi connectivity index (χ1v) is 13.1. The Balaban J connectivity index is 1.65. The van der Waals surface area contributed by atoms with Crippen LogP contribution in [0.4, 0.5) is 4.39 Å². The molecule has 0 spiro atoms. The van der Waals surface area contributed by atoms with Gasteiger partial charge in [0.15, 0.2) is 0 Å². The van der Waals surface area contributed by atoms with Gasteiger partial charge in [0.2, 0.25) is 21.8 Å². The molecule has 3 rings (SSSR count). The molecule has 0 bridgehead atoms. The van der Waals surface area contributed by atoms with Gasteiger partial charge in [-0.15, -0.1) is 0 Å². The molecule has 0 saturated heterocycles. The van der Waals surface area contributed by atoms with Crippen LogP contribution >= 0.6 is 0 Å². The summed E-state index contributed by atoms with van der Waals surface area (Å²) >= 11 is 0. The number of rotatable bonds is 13. The topological polar surface area (TPSA) is 105 Å². The molecule has 0 aliphatic heterocycles. The standard InChI is InChI=1S/C25H32FN3O5S/c1-18(25(31)27-15-16-34-2)29(17-20-3-8-21(26)9-4-20)24(30)14-7-19-5-12-23(13-6-19)35(32,33)28-22-10-11-22/h3-6,8-9,12-13,18,22,28H,7,10-11,14-17H2,1-2H3,(H,27,31)/t18-/m1/s1. The number of sulfonamides is 1. The number of aryl methyl sites for hydroxylation is 1. The van der Waals surface area contributed by atoms with Gasteiger partial charge in [-0.2, -0.15) is 0 Å². The van der Waals surface area contributed by atoms with Gasteiger partial charge in [-0.1, -0.05) is 24.3 Å². The molecule has 0 aromatic heterocycles. The van der Waals surface area contributed by atoms with E-state index in [-0.39, 0.29) is 41.5 Å². The van der Waals surface area contributed by atoms with E-state index in [0.29, 0.717) is 25.1 Å². The molecule has 0 unspecified atom stereocenters. The van der Waals surface area contributed by atoms with Gasteiger partial charge < -0.3 is 15.0 Å². The van der Waals surface area contributed by atoms with Crippen LogP contribution in [0, 0.1) is 5.82 Å². The van der Waals surface area contributed by atoms with Crippen LogP contribution in [-0.2, 0) is 37.3 Å². The maximum atomic E-state index is 13.3. The highest BCUT2D eigenvalue weighted by molar-refractivity contribution is 7.89. The third-order valence-corrected chi connectivity index (χ3v) is 7.34. The fourth-order valence-corrected chi connectivity index (χ4v) is 4.82. The first kappa shape index (κ1) is 26.8. The van der Waals surface area contributed by atoms with Crippen LogP contribution < -0.4 is 10.0 Å². The van der Waals surface area contributed by atoms with E-state index >= 15 is 0 Å². The van der Waals surface area contributed by atoms with Gasteiger partial charge >= 0.3 is 0 Å². The monoisotopic (exact) mass is 505 g/mol. The number of halogens is 1. The first-order valence-electron chi connectivity index (χ1n) is 11.6. The highest BCUT2D eigenvalue weighted by atomic mass is 32.2. The summed E-state index contributed by atoms with van der Waals surface area (Å²) in [5.41, 5.74) is 1.51. The lowest BCUT2D eigenvalue weighted by Crippen LogP contribution is -2.48. The number of carbonyl (C=O) groups is 2. The van der Waals surface area contributed by atoms with Crippen molar-refractivity contribution in [1.29, 1.82) is 0 Å². The molecule has 2 aromatic rings. The largest absolute Gasteiger partial charge is 0.383 e. The van der Waals surface area contributed by atoms with Gasteiger partial charge in [-0.25, -0.2) is 17.5 Å². The number of carbonyl (C=O) groups excluding carboxylic acids is 2. The zero-order chi connectivity index (χ0) is 25.4. The van der Waals surface area contributed by atoms with Crippen molar-refractivity contribution in [3.05, 3.63) is 65.5 Å². The van der Waals surface area contributed by atoms with Gasteiger partial charge in [0.1, 0.15) is 11.9 Å². The molecule has 1 saturated carbocycles. The molecular formula is C25H32FN3O5S. The number of hydrogen-bond donors (Lipinski definition) is 2. The minimum absolute atomic E-state index is 0.0260. The van der Waals surface area contributed by atoms with Crippen LogP contribution in [-0.4, -0.2) is 57.5 Å². The lowest BCUT2D eigenvalue weighted by molar-refractivity contribution is -0.140. The minimum atomic E-state index is -3.53. The number of amides is 2. The second kappa shape index (κ2) is 12.2. The molecule has 2 amide bonds. The fourth-order valence-electron chi connectivity index (χ4n) is 3.51. The Morgan fingerprint density at radius 1 is 1.09 bits per heavy atom. The van der Waals surface area contributed by atoms with Crippen molar-refractivity contribution < 1.29 is 27.1 Å². The molecule has 8 nitrogen and oxygen atoms in total. The van der Waals surface area contributed by atoms with Crippen molar-refractivity contribution in [2.75, 3.05) is 20.3 Å². The van der Waals surface area contributed by atoms with E-state index in [9.17, 15) is 22.4 Å². The average molecular weight is 506 g/mol. The number of hydrogen-bond acceptors (Lipinski definition) is 5. The van der Waals surface area contributed by atoms with E-state index in [4.69, 9.17) is 4.74 Å². The van der Waals surface area contributed by atoms with Gasteiger partial charge in [0, 0.05) is 32.7 Å². The quantitative estimate of drug-likeness (QED) is 0.407. The number of nitrogens with zero attached hydrogens (tertiary/aromatic N) is 1. The van der Waals surface area contributed by atoms with Crippen LogP contribution in [0.25, 0.3) is 0 Å². The lowest BCUT2D eigenvalue weighted by Gasteiger charge is -2.29. The second-order valence-electron chi connectivity index (χ2n) is 8.65. The zero-order valence-electron chi connectivity index (χ0n) is 20.0. The Morgan fingerprint density at radius 2 is 1.71 bits per heavy atom. The van der Waals surface area contributed by atoms with Crippen molar-refractivity contribution >= 4 is 21.8 Å². The molecular weight excluding hydrogens is 473 g/mol. The maximum Gasteiger partial charge on any atom is 0.242 e. The van der Waals surface area contributed by atoms with Crippen LogP contribution in [0.15, 0.2) is 53.4 Å². The van der Waals surface area contributed by atoms with Crippen molar-refractivity contribution in [3.8, 4) is 0 Å². The van der Waals surface area contributed by atoms with Crippen molar-refractivity contribution in [3.63, 3.8) is 0 Å². The van der Waals surface area contributed by atoms with E-state index < -0.39 is 16.1 Å². The average Bonchev–Trinajstić information content (AvgIpc) is 3.65. The summed E-state index contributed by atoms with van der Waals surface area (Å²) in [5.74, 6) is -0.930. The number of ether oxygens (including phenoxy) is 1. The minimum Gasteiger partial charge on any atom is -0.383 e. The maximum absolute atomic E-state index is 13.3. The van der Waals surface area contributed by atoms with Crippen LogP contribution in [0.2, 0.25) is 0 Å². The second-order valence-corrected chi connectivity index (χ2v) is 10.4. The van der Waals surface area contributed by atoms with Crippen molar-refractivity contribution in [2.24, 2.45) is 0 Å². The molecule has 190 valence electrons. The van der Waals surface area contributed by atoms with Gasteiger partial charge in [0.05, 0.1) is 11.5 Å². The fraction of sp³-hybridized carbons (Fsp3) is 0.440. The molecule has 10 heteroatoms. The smallest absolute Gasteiger partial charge is 0.242 e. The molecule has 35 heavy (non-hydrogen) atoms. The summed E-state index contributed by atoms with van der Waals surface area (Å²) in [7, 11) is -2.00. The molecule has 1 atom stereocenters. The predicted octanol–water partition coefficient (Wildman–Crippen LogP) is 2.38. The zero-order valence-corrected chi connectivity index (χ0v) is 20.8. The molecule has 1 aliphatic rings. The molecule has 0 heterocycles. The SMILES string of the molecule is COCCNC(=O)[C@@H](C)N(Cc1ccc(F)cc1)C(=O)CCc1ccc(S(=O)(=O)NC2CC2)cc1. The molecule has 1 aliphatic carbocycles. The molecule has 2 N–H and O–H groups in total. The summed E-state index contributed by atoms with van der Waals surface area (Å²) in [6, 6.07) is 11.5. The van der Waals surface area contributed by atoms with E-state index in [1.807, 2.05) is 0 Å². The molecule has 2 aromatic carbocycles. The van der Waals surface area contributed by atoms with Crippen molar-refractivity contribution in [2.45, 2.75) is 56.1 Å². The summed E-state index contributed by atoms with van der Waals surface area (Å²) in [6.45, 7) is 2.48. The highest BCUT2D eigenvalue weighted by Gasteiger charge is 2.28. The first-order chi connectivity index (χ1) is 16.7. The van der Waals surface area contributed by atoms with Crippen molar-refractivity contribution in [1.82, 2.24) is 14.9 Å². The third kappa shape index (κ3) is 8.12. The van der Waals surface area contributed by atoms with Gasteiger partial charge in [-0.3, -0.25) is 9.59 Å². The summed E-state index contributed by atoms with van der Waals surface area (Å²) in [4.78, 5) is 27.4.